The number of hydrogen-bond acceptors (Lipinski definition) is 3. The van der Waals surface area contributed by atoms with E-state index >= 15 is 0 Å². The Hall–Kier alpha value is -1.26. The Morgan fingerprint density at radius 2 is 1.88 bits per heavy atom. The number of anilines is 1. The molecule has 137 valence electrons. The molecule has 4 nitrogen and oxygen atoms in total. The molecule has 1 amide bonds. The summed E-state index contributed by atoms with van der Waals surface area (Å²) in [6.07, 6.45) is 0. The van der Waals surface area contributed by atoms with Crippen LogP contribution >= 0.6 is 20.8 Å². The number of nitrogens with zero attached hydrogens (tertiary/aromatic N) is 1. The number of fused-ring (bicyclic) bond motifs is 1. The van der Waals surface area contributed by atoms with Gasteiger partial charge in [0.1, 0.15) is 5.01 Å². The third-order valence-corrected chi connectivity index (χ3v) is 4.40. The van der Waals surface area contributed by atoms with E-state index in [4.69, 9.17) is 5.73 Å². The molecule has 2 aromatic carbocycles. The molecule has 3 aromatic rings. The van der Waals surface area contributed by atoms with Gasteiger partial charge in [-0.1, -0.05) is 12.1 Å². The molecule has 0 spiro atoms. The van der Waals surface area contributed by atoms with Gasteiger partial charge >= 0.3 is 28.2 Å². The van der Waals surface area contributed by atoms with Gasteiger partial charge in [0.2, 0.25) is 0 Å². The standard InChI is InChI=1S/C17H15N3OS.CH3.ClH.Pt/c1-11(10-18)16(21)19-13-8-6-12(7-9-13)17-20-14-4-2-3-5-15(14)22-17;;;/h2-9,11,18H,1,10H2,(H,19,21);1H3;1H;/q-2;-1;;+1/p-1. The zero-order valence-electron chi connectivity index (χ0n) is 13.6. The number of thiazole rings is 1. The molecule has 0 aliphatic carbocycles. The molecule has 0 aliphatic rings. The van der Waals surface area contributed by atoms with E-state index in [0.717, 1.165) is 20.8 Å². The van der Waals surface area contributed by atoms with Crippen LogP contribution in [0.1, 0.15) is 0 Å². The molecule has 2 N–H and O–H groups in total. The quantitative estimate of drug-likeness (QED) is 0.430. The van der Waals surface area contributed by atoms with Crippen LogP contribution in [0.5, 0.6) is 0 Å². The third kappa shape index (κ3) is 5.61. The molecule has 0 aliphatic heterocycles. The van der Waals surface area contributed by atoms with E-state index < -0.39 is 5.92 Å². The maximum absolute atomic E-state index is 11.7. The number of benzene rings is 2. The van der Waals surface area contributed by atoms with Crippen molar-refractivity contribution in [3.63, 3.8) is 0 Å². The van der Waals surface area contributed by atoms with Crippen LogP contribution in [0.15, 0.2) is 48.5 Å². The molecule has 7 heteroatoms. The molecule has 25 heavy (non-hydrogen) atoms. The van der Waals surface area contributed by atoms with Crippen molar-refractivity contribution in [1.82, 2.24) is 4.98 Å². The van der Waals surface area contributed by atoms with E-state index in [1.54, 1.807) is 30.1 Å². The fraction of sp³-hybridized carbons (Fsp3) is 0.111. The summed E-state index contributed by atoms with van der Waals surface area (Å²) in [5, 5.41) is 3.72. The fourth-order valence-electron chi connectivity index (χ4n) is 2.03. The molecule has 0 saturated heterocycles. The second kappa shape index (κ2) is 10.7. The molecule has 0 saturated carbocycles. The van der Waals surface area contributed by atoms with E-state index in [1.165, 1.54) is 0 Å². The Kier molecular flexibility index (Phi) is 9.29. The first-order valence-electron chi connectivity index (χ1n) is 7.04. The molecule has 0 fully saturated rings. The van der Waals surface area contributed by atoms with Gasteiger partial charge in [0, 0.05) is 11.3 Å². The molecular weight excluding hydrogens is 537 g/mol. The number of halogens is 1. The van der Waals surface area contributed by atoms with Gasteiger partial charge < -0.3 is 25.4 Å². The second-order valence-corrected chi connectivity index (χ2v) is 5.99. The van der Waals surface area contributed by atoms with E-state index in [0.29, 0.717) is 5.69 Å². The monoisotopic (exact) mass is 554 g/mol. The first-order chi connectivity index (χ1) is 11.7. The van der Waals surface area contributed by atoms with Gasteiger partial charge in [-0.15, -0.1) is 17.3 Å². The molecule has 0 bridgehead atoms. The van der Waals surface area contributed by atoms with Gasteiger partial charge in [0.15, 0.2) is 5.91 Å². The van der Waals surface area contributed by atoms with Gasteiger partial charge in [-0.3, -0.25) is 4.79 Å². The van der Waals surface area contributed by atoms with Crippen molar-refractivity contribution in [3.05, 3.63) is 68.6 Å². The van der Waals surface area contributed by atoms with Crippen molar-refractivity contribution in [2.45, 2.75) is 0 Å². The number of rotatable bonds is 4. The number of hydrogen-bond donors (Lipinski definition) is 1. The zero-order valence-corrected chi connectivity index (χ0v) is 17.4. The summed E-state index contributed by atoms with van der Waals surface area (Å²) in [4.78, 5) is 16.3. The number of amides is 1. The van der Waals surface area contributed by atoms with Crippen molar-refractivity contribution in [2.24, 2.45) is 5.92 Å². The van der Waals surface area contributed by atoms with Crippen LogP contribution in [-0.2, 0) is 23.6 Å². The average Bonchev–Trinajstić information content (AvgIpc) is 3.07. The molecule has 1 atom stereocenters. The number of aromatic nitrogens is 1. The summed E-state index contributed by atoms with van der Waals surface area (Å²) in [5.74, 6) is -0.785. The van der Waals surface area contributed by atoms with E-state index in [1.807, 2.05) is 42.5 Å². The zero-order chi connectivity index (χ0) is 17.5. The summed E-state index contributed by atoms with van der Waals surface area (Å²) >= 11 is 3.26. The van der Waals surface area contributed by atoms with Crippen LogP contribution in [0.2, 0.25) is 0 Å². The number of nitrogens with one attached hydrogen (secondary N) is 2. The Balaban J connectivity index is 0.00000101. The van der Waals surface area contributed by atoms with Crippen molar-refractivity contribution in [1.29, 1.82) is 0 Å². The van der Waals surface area contributed by atoms with Gasteiger partial charge in [-0.2, -0.15) is 6.54 Å². The van der Waals surface area contributed by atoms with Crippen LogP contribution in [-0.4, -0.2) is 17.4 Å². The first kappa shape index (κ1) is 21.8. The predicted octanol–water partition coefficient (Wildman–Crippen LogP) is 5.54. The number of para-hydroxylation sites is 1. The number of carbonyl (C=O) groups excluding carboxylic acids is 1. The van der Waals surface area contributed by atoms with E-state index in [2.05, 4.69) is 32.7 Å². The topological polar surface area (TPSA) is 65.8 Å². The minimum absolute atomic E-state index is 0. The minimum atomic E-state index is -0.552. The van der Waals surface area contributed by atoms with Crippen molar-refractivity contribution < 1.29 is 23.6 Å². The van der Waals surface area contributed by atoms with Crippen LogP contribution in [0, 0.1) is 20.3 Å². The number of carbonyl (C=O) groups is 1. The fourth-order valence-corrected chi connectivity index (χ4v) is 3.00. The third-order valence-electron chi connectivity index (χ3n) is 3.31. The first-order valence-corrected chi connectivity index (χ1v) is 10.7. The Morgan fingerprint density at radius 3 is 2.48 bits per heavy atom. The van der Waals surface area contributed by atoms with Crippen LogP contribution in [0.25, 0.3) is 26.5 Å². The molecule has 1 heterocycles. The predicted molar refractivity (Wildman–Crippen MR) is 104 cm³/mol. The average molecular weight is 555 g/mol. The second-order valence-electron chi connectivity index (χ2n) is 4.95. The SMILES string of the molecule is [CH2-]C(C[NH-])C(=O)Nc1ccc(-c2nc3ccccc3s2)cc1.[CH3-].[Cl][Pt]. The summed E-state index contributed by atoms with van der Waals surface area (Å²) < 4.78 is 1.16. The summed E-state index contributed by atoms with van der Waals surface area (Å²) in [6.45, 7) is 3.62. The summed E-state index contributed by atoms with van der Waals surface area (Å²) in [6, 6.07) is 15.6. The van der Waals surface area contributed by atoms with Gasteiger partial charge in [0.05, 0.1) is 10.2 Å². The normalized spacial score (nSPS) is 11.1. The summed E-state index contributed by atoms with van der Waals surface area (Å²) in [7, 11) is 4.61. The van der Waals surface area contributed by atoms with Crippen molar-refractivity contribution in [3.8, 4) is 10.6 Å². The Bertz CT molecular complexity index is 774. The van der Waals surface area contributed by atoms with E-state index in [-0.39, 0.29) is 19.9 Å². The molecule has 3 rings (SSSR count). The van der Waals surface area contributed by atoms with Crippen LogP contribution in [0.4, 0.5) is 5.69 Å². The van der Waals surface area contributed by atoms with Crippen molar-refractivity contribution >= 4 is 42.6 Å². The maximum atomic E-state index is 11.7. The van der Waals surface area contributed by atoms with Gasteiger partial charge in [-0.05, 0) is 36.4 Å². The van der Waals surface area contributed by atoms with E-state index in [9.17, 15) is 4.79 Å². The Morgan fingerprint density at radius 1 is 1.24 bits per heavy atom. The molecule has 0 radical (unpaired) electrons. The molecular formula is C18H18ClN3OPtS-3. The van der Waals surface area contributed by atoms with Gasteiger partial charge in [0.25, 0.3) is 0 Å². The molecule has 1 aromatic heterocycles. The Labute approximate surface area is 167 Å². The van der Waals surface area contributed by atoms with Crippen LogP contribution in [0.3, 0.4) is 0 Å². The molecule has 1 unspecified atom stereocenters. The van der Waals surface area contributed by atoms with Crippen LogP contribution < -0.4 is 5.32 Å². The summed E-state index contributed by atoms with van der Waals surface area (Å²) in [5.41, 5.74) is 9.89. The van der Waals surface area contributed by atoms with Gasteiger partial charge in [-0.25, -0.2) is 4.98 Å². The van der Waals surface area contributed by atoms with Crippen molar-refractivity contribution in [2.75, 3.05) is 11.9 Å².